The summed E-state index contributed by atoms with van der Waals surface area (Å²) < 4.78 is 141. The summed E-state index contributed by atoms with van der Waals surface area (Å²) in [6.07, 6.45) is 0. The molecule has 0 radical (unpaired) electrons. The van der Waals surface area contributed by atoms with E-state index in [-0.39, 0.29) is 51.0 Å². The molecular weight excluding hydrogens is 571 g/mol. The molecule has 3 N–H and O–H groups in total. The minimum atomic E-state index is -13.0. The van der Waals surface area contributed by atoms with Crippen LogP contribution in [-0.4, -0.2) is 73.7 Å². The topological polar surface area (TPSA) is 39.3 Å². The predicted octanol–water partition coefficient (Wildman–Crippen LogP) is 4.77. The number of hydrogen-bond acceptors (Lipinski definition) is 4. The molecule has 0 aromatic rings. The van der Waals surface area contributed by atoms with E-state index >= 15 is 0 Å². The normalized spacial score (nSPS) is 22.7. The van der Waals surface area contributed by atoms with E-state index in [1.807, 2.05) is 0 Å². The second-order valence-corrected chi connectivity index (χ2v) is 26.8. The Morgan fingerprint density at radius 1 is 0.485 bits per heavy atom. The maximum absolute atomic E-state index is 14.5. The second kappa shape index (κ2) is 9.00. The van der Waals surface area contributed by atoms with Gasteiger partial charge in [0.05, 0.1) is 0 Å². The van der Waals surface area contributed by atoms with Gasteiger partial charge in [-0.05, 0) is 0 Å². The van der Waals surface area contributed by atoms with Gasteiger partial charge in [0.15, 0.2) is 0 Å². The van der Waals surface area contributed by atoms with Gasteiger partial charge >= 0.3 is 166 Å². The molecule has 0 aromatic heterocycles. The Bertz CT molecular complexity index is 607. The SMILES string of the molecule is Cl.Cl.[CH3][Ti]([CH3])([N]1CCNCCNCCNCC1)([C](F)(F)F)([C](F)(F)F)([C](F)(F)F)[C](F)(F)F. The van der Waals surface area contributed by atoms with Gasteiger partial charge in [-0.15, -0.1) is 24.8 Å². The average molecular weight is 598 g/mol. The van der Waals surface area contributed by atoms with Crippen LogP contribution in [0.2, 0.25) is 10.5 Å². The first kappa shape index (κ1) is 35.5. The van der Waals surface area contributed by atoms with Crippen LogP contribution < -0.4 is 16.0 Å². The third-order valence-electron chi connectivity index (χ3n) is 7.81. The van der Waals surface area contributed by atoms with Crippen LogP contribution in [-0.2, 0) is 13.0 Å². The fraction of sp³-hybridized carbons (Fsp3) is 1.00. The van der Waals surface area contributed by atoms with Crippen LogP contribution in [0.4, 0.5) is 52.7 Å². The van der Waals surface area contributed by atoms with Gasteiger partial charge in [0, 0.05) is 0 Å². The fourth-order valence-corrected chi connectivity index (χ4v) is 12.2. The van der Waals surface area contributed by atoms with Crippen molar-refractivity contribution in [3.8, 4) is 0 Å². The summed E-state index contributed by atoms with van der Waals surface area (Å²) in [7, 11) is 0. The number of halogens is 14. The van der Waals surface area contributed by atoms with Gasteiger partial charge in [-0.1, -0.05) is 0 Å². The summed E-state index contributed by atoms with van der Waals surface area (Å²) in [5.74, 6) is 0. The van der Waals surface area contributed by atoms with E-state index in [0.29, 0.717) is 0 Å². The number of nitrogens with zero attached hydrogens (tertiary/aromatic N) is 1. The molecule has 1 saturated heterocycles. The third kappa shape index (κ3) is 3.07. The van der Waals surface area contributed by atoms with Gasteiger partial charge in [-0.25, -0.2) is 0 Å². The number of alkyl halides is 12. The number of nitrogens with one attached hydrogen (secondary N) is 3. The quantitative estimate of drug-likeness (QED) is 0.301. The molecule has 0 unspecified atom stereocenters. The zero-order valence-electron chi connectivity index (χ0n) is 17.5. The van der Waals surface area contributed by atoms with Gasteiger partial charge in [-0.2, -0.15) is 0 Å². The van der Waals surface area contributed by atoms with Crippen molar-refractivity contribution in [1.82, 2.24) is 19.3 Å². The molecule has 19 heteroatoms. The molecule has 0 amide bonds. The van der Waals surface area contributed by atoms with E-state index in [2.05, 4.69) is 16.0 Å². The van der Waals surface area contributed by atoms with Crippen molar-refractivity contribution in [3.05, 3.63) is 0 Å². The summed E-state index contributed by atoms with van der Waals surface area (Å²) in [4.78, 5) is 0. The minimum absolute atomic E-state index is 0. The molecule has 1 fully saturated rings. The summed E-state index contributed by atoms with van der Waals surface area (Å²) >= 11 is -13.0. The van der Waals surface area contributed by atoms with Gasteiger partial charge in [0.2, 0.25) is 0 Å². The van der Waals surface area contributed by atoms with Crippen molar-refractivity contribution >= 4 is 24.8 Å². The molecule has 0 bridgehead atoms. The Hall–Kier alpha value is 0.294. The van der Waals surface area contributed by atoms with Crippen LogP contribution in [0.5, 0.6) is 0 Å². The molecule has 4 nitrogen and oxygen atoms in total. The molecule has 1 rings (SSSR count). The fourth-order valence-electron chi connectivity index (χ4n) is 3.84. The van der Waals surface area contributed by atoms with E-state index in [1.54, 1.807) is 0 Å². The van der Waals surface area contributed by atoms with Gasteiger partial charge in [0.25, 0.3) is 0 Å². The first-order valence-electron chi connectivity index (χ1n) is 9.25. The molecule has 0 saturated carbocycles. The van der Waals surface area contributed by atoms with E-state index < -0.39 is 70.9 Å². The van der Waals surface area contributed by atoms with Crippen LogP contribution in [0.15, 0.2) is 0 Å². The van der Waals surface area contributed by atoms with Gasteiger partial charge in [0.1, 0.15) is 0 Å². The molecular formula is C14H27Cl2F12N4Ti. The first-order valence-corrected chi connectivity index (χ1v) is 16.2. The summed E-state index contributed by atoms with van der Waals surface area (Å²) in [5, 5.41) is 4.14. The molecule has 1 heterocycles. The molecule has 205 valence electrons. The van der Waals surface area contributed by atoms with Crippen molar-refractivity contribution in [2.75, 3.05) is 52.4 Å². The van der Waals surface area contributed by atoms with Crippen LogP contribution in [0.25, 0.3) is 0 Å². The number of hydrogen-bond donors (Lipinski definition) is 3. The van der Waals surface area contributed by atoms with E-state index in [0.717, 1.165) is 0 Å². The monoisotopic (exact) mass is 597 g/mol. The van der Waals surface area contributed by atoms with Gasteiger partial charge in [-0.3, -0.25) is 0 Å². The Balaban J connectivity index is 0. The average Bonchev–Trinajstić information content (AvgIpc) is 2.51. The summed E-state index contributed by atoms with van der Waals surface area (Å²) in [6.45, 7) is -5.40. The molecule has 33 heavy (non-hydrogen) atoms. The Morgan fingerprint density at radius 3 is 0.909 bits per heavy atom. The molecule has 0 aliphatic carbocycles. The van der Waals surface area contributed by atoms with E-state index in [4.69, 9.17) is 0 Å². The Morgan fingerprint density at radius 2 is 0.697 bits per heavy atom. The van der Waals surface area contributed by atoms with Crippen molar-refractivity contribution in [2.24, 2.45) is 0 Å². The van der Waals surface area contributed by atoms with Crippen LogP contribution in [0.3, 0.4) is 0 Å². The molecule has 1 aliphatic rings. The van der Waals surface area contributed by atoms with Crippen molar-refractivity contribution in [2.45, 2.75) is 28.4 Å². The third-order valence-corrected chi connectivity index (χ3v) is 26.4. The molecule has 0 aromatic carbocycles. The zero-order valence-corrected chi connectivity index (χ0v) is 20.7. The standard InChI is InChI=1S/C8H19N4.4CF3.2CH3.2ClH.Ti/c1-2-10-5-6-12-8-7-11-4-3-9-1;4*2-1(3)4;;;;;/h9-11H,1-8H2;;;;;2*1H3;2*1H;/q-1;;;;;;;;;+1. The molecule has 1 aliphatic heterocycles. The zero-order chi connectivity index (χ0) is 24.7. The van der Waals surface area contributed by atoms with Crippen LogP contribution >= 0.6 is 24.8 Å². The molecule has 0 spiro atoms. The van der Waals surface area contributed by atoms with Crippen molar-refractivity contribution in [1.29, 1.82) is 0 Å². The second-order valence-electron chi connectivity index (χ2n) is 9.37. The van der Waals surface area contributed by atoms with E-state index in [1.165, 1.54) is 0 Å². The number of rotatable bonds is 1. The molecule has 0 atom stereocenters. The summed E-state index contributed by atoms with van der Waals surface area (Å²) in [6, 6.07) is 0. The van der Waals surface area contributed by atoms with Crippen LogP contribution in [0.1, 0.15) is 0 Å². The van der Waals surface area contributed by atoms with E-state index in [9.17, 15) is 52.7 Å². The van der Waals surface area contributed by atoms with Crippen molar-refractivity contribution < 1.29 is 65.7 Å². The Kier molecular flexibility index (Phi) is 9.67. The first-order chi connectivity index (χ1) is 13.5. The Labute approximate surface area is 190 Å². The van der Waals surface area contributed by atoms with Crippen LogP contribution in [0, 0.1) is 0 Å². The van der Waals surface area contributed by atoms with Crippen molar-refractivity contribution in [3.63, 3.8) is 0 Å². The van der Waals surface area contributed by atoms with Gasteiger partial charge < -0.3 is 0 Å². The predicted molar refractivity (Wildman–Crippen MR) is 101 cm³/mol. The summed E-state index contributed by atoms with van der Waals surface area (Å²) in [5.41, 5.74) is 0. The maximum atomic E-state index is 14.5.